The van der Waals surface area contributed by atoms with Gasteiger partial charge in [0.2, 0.25) is 5.91 Å². The van der Waals surface area contributed by atoms with Crippen LogP contribution in [0.25, 0.3) is 33.5 Å². The topological polar surface area (TPSA) is 87.2 Å². The van der Waals surface area contributed by atoms with E-state index in [0.29, 0.717) is 65.2 Å². The summed E-state index contributed by atoms with van der Waals surface area (Å²) < 4.78 is 27.1. The number of hydrogen-bond donors (Lipinski definition) is 2. The minimum atomic E-state index is -0.370. The van der Waals surface area contributed by atoms with Crippen LogP contribution < -0.4 is 10.6 Å². The van der Waals surface area contributed by atoms with Crippen molar-refractivity contribution in [2.24, 2.45) is 0 Å². The van der Waals surface area contributed by atoms with E-state index in [1.807, 2.05) is 4.90 Å². The van der Waals surface area contributed by atoms with Crippen molar-refractivity contribution in [2.45, 2.75) is 19.3 Å². The number of nitrogens with zero attached hydrogens (tertiary/aromatic N) is 3. The molecule has 0 aliphatic carbocycles. The number of aromatic nitrogens is 2. The predicted molar refractivity (Wildman–Crippen MR) is 138 cm³/mol. The highest BCUT2D eigenvalue weighted by Gasteiger charge is 2.19. The molecule has 1 aromatic heterocycles. The lowest BCUT2D eigenvalue weighted by Gasteiger charge is -2.15. The summed E-state index contributed by atoms with van der Waals surface area (Å²) in [6.07, 6.45) is 2.18. The number of urea groups is 1. The second kappa shape index (κ2) is 10.7. The molecule has 1 saturated heterocycles. The van der Waals surface area contributed by atoms with Crippen molar-refractivity contribution in [3.05, 3.63) is 78.4 Å². The van der Waals surface area contributed by atoms with Crippen molar-refractivity contribution in [2.75, 3.05) is 25.0 Å². The number of anilines is 1. The second-order valence-corrected chi connectivity index (χ2v) is 8.86. The van der Waals surface area contributed by atoms with Crippen molar-refractivity contribution in [1.82, 2.24) is 20.2 Å². The molecule has 4 aromatic rings. The first-order valence-corrected chi connectivity index (χ1v) is 12.1. The molecule has 2 N–H and O–H groups in total. The highest BCUT2D eigenvalue weighted by Crippen LogP contribution is 2.32. The van der Waals surface area contributed by atoms with Crippen LogP contribution >= 0.6 is 0 Å². The molecular weight excluding hydrogens is 476 g/mol. The van der Waals surface area contributed by atoms with Gasteiger partial charge in [0.05, 0.1) is 22.4 Å². The van der Waals surface area contributed by atoms with Gasteiger partial charge in [0, 0.05) is 42.9 Å². The number of likely N-dealkylation sites (tertiary alicyclic amines) is 1. The number of halogens is 2. The fraction of sp³-hybridized carbons (Fsp3) is 0.214. The van der Waals surface area contributed by atoms with Crippen LogP contribution in [-0.4, -0.2) is 46.4 Å². The maximum atomic E-state index is 13.6. The number of benzene rings is 3. The number of fused-ring (bicyclic) bond motifs is 1. The molecule has 5 rings (SSSR count). The van der Waals surface area contributed by atoms with Gasteiger partial charge < -0.3 is 15.5 Å². The molecule has 0 radical (unpaired) electrons. The molecule has 9 heteroatoms. The van der Waals surface area contributed by atoms with Gasteiger partial charge in [-0.15, -0.1) is 0 Å². The first-order valence-electron chi connectivity index (χ1n) is 12.1. The van der Waals surface area contributed by atoms with E-state index in [-0.39, 0.29) is 23.6 Å². The maximum absolute atomic E-state index is 13.6. The zero-order valence-corrected chi connectivity index (χ0v) is 20.0. The molecule has 3 amide bonds. The van der Waals surface area contributed by atoms with Gasteiger partial charge in [0.1, 0.15) is 11.6 Å². The molecule has 0 saturated carbocycles. The Hall–Kier alpha value is -4.40. The van der Waals surface area contributed by atoms with Crippen molar-refractivity contribution in [3.63, 3.8) is 0 Å². The Kier molecular flexibility index (Phi) is 7.02. The lowest BCUT2D eigenvalue weighted by molar-refractivity contribution is -0.127. The third kappa shape index (κ3) is 5.72. The Labute approximate surface area is 212 Å². The van der Waals surface area contributed by atoms with E-state index in [4.69, 9.17) is 9.97 Å². The van der Waals surface area contributed by atoms with E-state index in [9.17, 15) is 18.4 Å². The van der Waals surface area contributed by atoms with Crippen LogP contribution in [0.3, 0.4) is 0 Å². The Morgan fingerprint density at radius 1 is 0.865 bits per heavy atom. The minimum Gasteiger partial charge on any atom is -0.343 e. The lowest BCUT2D eigenvalue weighted by atomic mass is 10.0. The average Bonchev–Trinajstić information content (AvgIpc) is 3.31. The summed E-state index contributed by atoms with van der Waals surface area (Å²) in [5.74, 6) is -0.561. The predicted octanol–water partition coefficient (Wildman–Crippen LogP) is 5.38. The summed E-state index contributed by atoms with van der Waals surface area (Å²) >= 11 is 0. The Morgan fingerprint density at radius 3 is 2.08 bits per heavy atom. The minimum absolute atomic E-state index is 0.171. The first-order chi connectivity index (χ1) is 18.0. The zero-order chi connectivity index (χ0) is 25.8. The molecule has 0 spiro atoms. The Balaban J connectivity index is 1.35. The first kappa shape index (κ1) is 24.3. The fourth-order valence-electron chi connectivity index (χ4n) is 4.34. The van der Waals surface area contributed by atoms with Gasteiger partial charge in [-0.3, -0.25) is 4.79 Å². The second-order valence-electron chi connectivity index (χ2n) is 8.86. The van der Waals surface area contributed by atoms with Gasteiger partial charge >= 0.3 is 6.03 Å². The zero-order valence-electron chi connectivity index (χ0n) is 20.0. The van der Waals surface area contributed by atoms with Crippen LogP contribution in [0.15, 0.2) is 66.7 Å². The summed E-state index contributed by atoms with van der Waals surface area (Å²) in [6.45, 7) is 1.86. The van der Waals surface area contributed by atoms with Crippen LogP contribution in [0, 0.1) is 11.6 Å². The number of rotatable bonds is 7. The molecule has 0 unspecified atom stereocenters. The molecule has 1 aliphatic heterocycles. The molecule has 0 atom stereocenters. The molecule has 1 aliphatic rings. The molecule has 0 bridgehead atoms. The average molecular weight is 502 g/mol. The molecule has 1 fully saturated rings. The van der Waals surface area contributed by atoms with E-state index in [0.717, 1.165) is 13.0 Å². The highest BCUT2D eigenvalue weighted by molar-refractivity contribution is 5.93. The molecule has 7 nitrogen and oxygen atoms in total. The standard InChI is InChI=1S/C28H25F2N5O2/c29-20-8-4-18(5-9-20)26-27(19-6-10-21(30)11-7-19)34-24-17-22(12-13-23(24)33-26)32-28(37)31-14-2-16-35-15-1-3-25(35)36/h4-13,17H,1-3,14-16H2,(H2,31,32,37). The van der Waals surface area contributed by atoms with E-state index in [2.05, 4.69) is 10.6 Å². The van der Waals surface area contributed by atoms with Crippen LogP contribution in [0.1, 0.15) is 19.3 Å². The van der Waals surface area contributed by atoms with E-state index in [1.165, 1.54) is 24.3 Å². The van der Waals surface area contributed by atoms with Gasteiger partial charge in [-0.05, 0) is 79.6 Å². The van der Waals surface area contributed by atoms with Crippen molar-refractivity contribution < 1.29 is 18.4 Å². The molecule has 2 heterocycles. The van der Waals surface area contributed by atoms with Crippen LogP contribution in [0.2, 0.25) is 0 Å². The fourth-order valence-corrected chi connectivity index (χ4v) is 4.34. The van der Waals surface area contributed by atoms with Crippen LogP contribution in [0.4, 0.5) is 19.3 Å². The van der Waals surface area contributed by atoms with Gasteiger partial charge in [-0.25, -0.2) is 23.5 Å². The number of carbonyl (C=O) groups is 2. The van der Waals surface area contributed by atoms with Crippen molar-refractivity contribution in [3.8, 4) is 22.5 Å². The number of amides is 3. The van der Waals surface area contributed by atoms with E-state index < -0.39 is 0 Å². The SMILES string of the molecule is O=C(NCCCN1CCCC1=O)Nc1ccc2nc(-c3ccc(F)cc3)c(-c3ccc(F)cc3)nc2c1. The van der Waals surface area contributed by atoms with E-state index in [1.54, 1.807) is 42.5 Å². The van der Waals surface area contributed by atoms with Gasteiger partial charge in [-0.1, -0.05) is 0 Å². The van der Waals surface area contributed by atoms with Crippen molar-refractivity contribution >= 4 is 28.7 Å². The quantitative estimate of drug-likeness (QED) is 0.333. The molecule has 3 aromatic carbocycles. The number of nitrogens with one attached hydrogen (secondary N) is 2. The monoisotopic (exact) mass is 501 g/mol. The summed E-state index contributed by atoms with van der Waals surface area (Å²) in [4.78, 5) is 35.4. The Bertz CT molecular complexity index is 1440. The summed E-state index contributed by atoms with van der Waals surface area (Å²) in [5.41, 5.74) is 4.04. The maximum Gasteiger partial charge on any atom is 0.319 e. The normalized spacial score (nSPS) is 13.2. The van der Waals surface area contributed by atoms with Gasteiger partial charge in [0.15, 0.2) is 0 Å². The van der Waals surface area contributed by atoms with Crippen LogP contribution in [-0.2, 0) is 4.79 Å². The van der Waals surface area contributed by atoms with Gasteiger partial charge in [-0.2, -0.15) is 0 Å². The third-order valence-electron chi connectivity index (χ3n) is 6.22. The van der Waals surface area contributed by atoms with Crippen LogP contribution in [0.5, 0.6) is 0 Å². The molecular formula is C28H25F2N5O2. The lowest BCUT2D eigenvalue weighted by Crippen LogP contribution is -2.33. The third-order valence-corrected chi connectivity index (χ3v) is 6.22. The van der Waals surface area contributed by atoms with E-state index >= 15 is 0 Å². The number of carbonyl (C=O) groups excluding carboxylic acids is 2. The summed E-state index contributed by atoms with van der Waals surface area (Å²) in [5, 5.41) is 5.61. The molecule has 37 heavy (non-hydrogen) atoms. The smallest absolute Gasteiger partial charge is 0.319 e. The number of hydrogen-bond acceptors (Lipinski definition) is 4. The summed E-state index contributed by atoms with van der Waals surface area (Å²) in [6, 6.07) is 16.7. The molecule has 188 valence electrons. The van der Waals surface area contributed by atoms with Gasteiger partial charge in [0.25, 0.3) is 0 Å². The Morgan fingerprint density at radius 2 is 1.49 bits per heavy atom. The highest BCUT2D eigenvalue weighted by atomic mass is 19.1. The van der Waals surface area contributed by atoms with Crippen molar-refractivity contribution in [1.29, 1.82) is 0 Å². The largest absolute Gasteiger partial charge is 0.343 e. The summed E-state index contributed by atoms with van der Waals surface area (Å²) in [7, 11) is 0.